The molecule has 4 rings (SSSR count). The van der Waals surface area contributed by atoms with Gasteiger partial charge in [-0.1, -0.05) is 68.1 Å². The first-order valence-electron chi connectivity index (χ1n) is 10.6. The summed E-state index contributed by atoms with van der Waals surface area (Å²) in [4.78, 5) is 25.4. The van der Waals surface area contributed by atoms with E-state index in [4.69, 9.17) is 0 Å². The van der Waals surface area contributed by atoms with Gasteiger partial charge in [-0.2, -0.15) is 0 Å². The van der Waals surface area contributed by atoms with Crippen molar-refractivity contribution in [2.45, 2.75) is 44.8 Å². The lowest BCUT2D eigenvalue weighted by molar-refractivity contribution is 0.0982. The second-order valence-electron chi connectivity index (χ2n) is 8.02. The second kappa shape index (κ2) is 9.47. The molecule has 160 valence electrons. The van der Waals surface area contributed by atoms with Crippen LogP contribution < -0.4 is 5.56 Å². The van der Waals surface area contributed by atoms with Crippen molar-refractivity contribution in [1.29, 1.82) is 0 Å². The van der Waals surface area contributed by atoms with Gasteiger partial charge < -0.3 is 0 Å². The molecular formula is C24H26N4O2S. The van der Waals surface area contributed by atoms with Crippen molar-refractivity contribution in [3.8, 4) is 0 Å². The topological polar surface area (TPSA) is 69.3 Å². The van der Waals surface area contributed by atoms with E-state index in [0.717, 1.165) is 34.8 Å². The Hall–Kier alpha value is -2.93. The van der Waals surface area contributed by atoms with Gasteiger partial charge in [0.1, 0.15) is 0 Å². The number of carbonyl (C=O) groups is 1. The van der Waals surface area contributed by atoms with Crippen LogP contribution in [0.3, 0.4) is 0 Å². The maximum absolute atomic E-state index is 13.1. The van der Waals surface area contributed by atoms with Crippen LogP contribution in [-0.2, 0) is 6.54 Å². The summed E-state index contributed by atoms with van der Waals surface area (Å²) in [5.74, 6) is 1.96. The zero-order valence-corrected chi connectivity index (χ0v) is 18.6. The SMILES string of the molecule is CC(C)CCn1c(=O)c2ccccc2n2c(SCCCC(=O)c3ccccc3)nnc12. The molecule has 0 atom stereocenters. The summed E-state index contributed by atoms with van der Waals surface area (Å²) >= 11 is 1.57. The van der Waals surface area contributed by atoms with E-state index in [0.29, 0.717) is 30.0 Å². The second-order valence-corrected chi connectivity index (χ2v) is 9.08. The Kier molecular flexibility index (Phi) is 6.51. The lowest BCUT2D eigenvalue weighted by atomic mass is 10.1. The third-order valence-electron chi connectivity index (χ3n) is 5.28. The third kappa shape index (κ3) is 4.56. The van der Waals surface area contributed by atoms with Gasteiger partial charge in [0.15, 0.2) is 10.9 Å². The number of aromatic nitrogens is 4. The van der Waals surface area contributed by atoms with Crippen molar-refractivity contribution in [3.63, 3.8) is 0 Å². The molecule has 4 aromatic rings. The summed E-state index contributed by atoms with van der Waals surface area (Å²) in [5, 5.41) is 10.2. The highest BCUT2D eigenvalue weighted by atomic mass is 32.2. The van der Waals surface area contributed by atoms with Crippen LogP contribution in [0.25, 0.3) is 16.7 Å². The van der Waals surface area contributed by atoms with E-state index in [2.05, 4.69) is 24.0 Å². The predicted octanol–water partition coefficient (Wildman–Crippen LogP) is 4.85. The molecule has 6 nitrogen and oxygen atoms in total. The molecule has 2 aromatic carbocycles. The lowest BCUT2D eigenvalue weighted by Gasteiger charge is -2.12. The van der Waals surface area contributed by atoms with Gasteiger partial charge in [0.25, 0.3) is 5.56 Å². The molecule has 0 saturated heterocycles. The first-order chi connectivity index (χ1) is 15.1. The molecule has 0 spiro atoms. The number of Topliss-reactive ketones (excluding diaryl/α,β-unsaturated/α-hetero) is 1. The van der Waals surface area contributed by atoms with Gasteiger partial charge in [-0.3, -0.25) is 18.6 Å². The Balaban J connectivity index is 1.57. The van der Waals surface area contributed by atoms with Crippen molar-refractivity contribution >= 4 is 34.2 Å². The minimum absolute atomic E-state index is 0.0267. The highest BCUT2D eigenvalue weighted by Gasteiger charge is 2.17. The van der Waals surface area contributed by atoms with Gasteiger partial charge in [0, 0.05) is 24.3 Å². The third-order valence-corrected chi connectivity index (χ3v) is 6.30. The van der Waals surface area contributed by atoms with E-state index in [1.165, 1.54) is 0 Å². The molecule has 0 aliphatic carbocycles. The van der Waals surface area contributed by atoms with Crippen molar-refractivity contribution in [3.05, 3.63) is 70.5 Å². The highest BCUT2D eigenvalue weighted by Crippen LogP contribution is 2.23. The molecule has 0 radical (unpaired) electrons. The van der Waals surface area contributed by atoms with Crippen LogP contribution in [0.2, 0.25) is 0 Å². The summed E-state index contributed by atoms with van der Waals surface area (Å²) in [6.07, 6.45) is 2.14. The van der Waals surface area contributed by atoms with Crippen molar-refractivity contribution < 1.29 is 4.79 Å². The minimum Gasteiger partial charge on any atom is -0.294 e. The van der Waals surface area contributed by atoms with Gasteiger partial charge >= 0.3 is 0 Å². The first-order valence-corrected chi connectivity index (χ1v) is 11.6. The summed E-state index contributed by atoms with van der Waals surface area (Å²) in [5.41, 5.74) is 1.54. The Morgan fingerprint density at radius 2 is 1.77 bits per heavy atom. The van der Waals surface area contributed by atoms with Gasteiger partial charge in [-0.05, 0) is 30.9 Å². The van der Waals surface area contributed by atoms with Crippen LogP contribution >= 0.6 is 11.8 Å². The fourth-order valence-electron chi connectivity index (χ4n) is 3.58. The fraction of sp³-hybridized carbons (Fsp3) is 0.333. The number of fused-ring (bicyclic) bond motifs is 3. The van der Waals surface area contributed by atoms with Gasteiger partial charge in [-0.15, -0.1) is 10.2 Å². The van der Waals surface area contributed by atoms with Crippen LogP contribution in [0.4, 0.5) is 0 Å². The molecule has 0 aliphatic heterocycles. The average molecular weight is 435 g/mol. The smallest absolute Gasteiger partial charge is 0.262 e. The van der Waals surface area contributed by atoms with E-state index in [-0.39, 0.29) is 11.3 Å². The molecule has 7 heteroatoms. The van der Waals surface area contributed by atoms with Crippen molar-refractivity contribution in [2.75, 3.05) is 5.75 Å². The first kappa shape index (κ1) is 21.3. The summed E-state index contributed by atoms with van der Waals surface area (Å²) in [6.45, 7) is 4.90. The van der Waals surface area contributed by atoms with Crippen molar-refractivity contribution in [2.24, 2.45) is 5.92 Å². The number of ketones is 1. The molecule has 0 amide bonds. The van der Waals surface area contributed by atoms with Crippen LogP contribution in [-0.4, -0.2) is 30.7 Å². The van der Waals surface area contributed by atoms with Crippen LogP contribution in [0.1, 0.15) is 43.5 Å². The molecule has 0 aliphatic rings. The zero-order chi connectivity index (χ0) is 21.8. The molecule has 0 saturated carbocycles. The number of benzene rings is 2. The van der Waals surface area contributed by atoms with Crippen LogP contribution in [0.15, 0.2) is 64.5 Å². The number of aryl methyl sites for hydroxylation is 1. The monoisotopic (exact) mass is 434 g/mol. The molecular weight excluding hydrogens is 408 g/mol. The number of carbonyl (C=O) groups excluding carboxylic acids is 1. The summed E-state index contributed by atoms with van der Waals surface area (Å²) < 4.78 is 3.71. The minimum atomic E-state index is -0.0267. The summed E-state index contributed by atoms with van der Waals surface area (Å²) in [7, 11) is 0. The van der Waals surface area contributed by atoms with Gasteiger partial charge in [0.2, 0.25) is 5.78 Å². The largest absolute Gasteiger partial charge is 0.294 e. The van der Waals surface area contributed by atoms with E-state index in [9.17, 15) is 9.59 Å². The molecule has 0 bridgehead atoms. The molecule has 0 N–H and O–H groups in total. The van der Waals surface area contributed by atoms with Gasteiger partial charge in [0.05, 0.1) is 10.9 Å². The Labute approximate surface area is 185 Å². The normalized spacial score (nSPS) is 11.6. The molecule has 0 unspecified atom stereocenters. The van der Waals surface area contributed by atoms with Crippen LogP contribution in [0, 0.1) is 5.92 Å². The standard InChI is InChI=1S/C24H26N4O2S/c1-17(2)14-15-27-22(30)19-11-6-7-12-20(19)28-23(27)25-26-24(28)31-16-8-13-21(29)18-9-4-3-5-10-18/h3-7,9-12,17H,8,13-16H2,1-2H3. The predicted molar refractivity (Wildman–Crippen MR) is 125 cm³/mol. The number of para-hydroxylation sites is 1. The summed E-state index contributed by atoms with van der Waals surface area (Å²) in [6, 6.07) is 17.0. The fourth-order valence-corrected chi connectivity index (χ4v) is 4.46. The highest BCUT2D eigenvalue weighted by molar-refractivity contribution is 7.99. The maximum atomic E-state index is 13.1. The number of thioether (sulfide) groups is 1. The number of hydrogen-bond donors (Lipinski definition) is 0. The maximum Gasteiger partial charge on any atom is 0.262 e. The average Bonchev–Trinajstić information content (AvgIpc) is 3.21. The van der Waals surface area contributed by atoms with Gasteiger partial charge in [-0.25, -0.2) is 0 Å². The van der Waals surface area contributed by atoms with E-state index >= 15 is 0 Å². The Morgan fingerprint density at radius 3 is 2.55 bits per heavy atom. The zero-order valence-electron chi connectivity index (χ0n) is 17.8. The Morgan fingerprint density at radius 1 is 1.03 bits per heavy atom. The van der Waals surface area contributed by atoms with Crippen LogP contribution in [0.5, 0.6) is 0 Å². The number of nitrogens with zero attached hydrogens (tertiary/aromatic N) is 4. The van der Waals surface area contributed by atoms with Crippen molar-refractivity contribution in [1.82, 2.24) is 19.2 Å². The molecule has 0 fully saturated rings. The molecule has 2 aromatic heterocycles. The van der Waals surface area contributed by atoms with E-state index in [1.54, 1.807) is 16.3 Å². The van der Waals surface area contributed by atoms with E-state index < -0.39 is 0 Å². The molecule has 2 heterocycles. The molecule has 31 heavy (non-hydrogen) atoms. The number of hydrogen-bond acceptors (Lipinski definition) is 5. The lowest BCUT2D eigenvalue weighted by Crippen LogP contribution is -2.24. The Bertz CT molecular complexity index is 1260. The quantitative estimate of drug-likeness (QED) is 0.214. The number of rotatable bonds is 9. The van der Waals surface area contributed by atoms with E-state index in [1.807, 2.05) is 59.0 Å².